The monoisotopic (exact) mass is 461 g/mol. The molecule has 0 unspecified atom stereocenters. The summed E-state index contributed by atoms with van der Waals surface area (Å²) in [5, 5.41) is 14.5. The van der Waals surface area contributed by atoms with Gasteiger partial charge in [-0.25, -0.2) is 9.79 Å². The van der Waals surface area contributed by atoms with Crippen LogP contribution in [0.2, 0.25) is 0 Å². The van der Waals surface area contributed by atoms with Gasteiger partial charge < -0.3 is 19.6 Å². The Morgan fingerprint density at radius 1 is 1.15 bits per heavy atom. The highest BCUT2D eigenvalue weighted by molar-refractivity contribution is 5.56. The summed E-state index contributed by atoms with van der Waals surface area (Å²) in [5.74, 6) is -0.582. The van der Waals surface area contributed by atoms with Crippen molar-refractivity contribution in [2.75, 3.05) is 0 Å². The molecule has 0 atom stereocenters. The molecule has 0 bridgehead atoms. The van der Waals surface area contributed by atoms with Crippen molar-refractivity contribution in [3.05, 3.63) is 57.5 Å². The van der Waals surface area contributed by atoms with E-state index in [0.29, 0.717) is 5.22 Å². The van der Waals surface area contributed by atoms with E-state index in [0.717, 1.165) is 25.0 Å². The van der Waals surface area contributed by atoms with E-state index in [4.69, 9.17) is 4.74 Å². The number of rotatable bonds is 5. The molecule has 0 aliphatic heterocycles. The van der Waals surface area contributed by atoms with E-state index in [1.807, 2.05) is 0 Å². The minimum absolute atomic E-state index is 0.0939. The van der Waals surface area contributed by atoms with Crippen LogP contribution in [0.25, 0.3) is 11.7 Å². The first kappa shape index (κ1) is 20.5. The molecule has 4 aromatic rings. The number of nitrogens with one attached hydrogen (secondary N) is 2. The van der Waals surface area contributed by atoms with Crippen LogP contribution in [0.5, 0.6) is 23.4 Å². The summed E-state index contributed by atoms with van der Waals surface area (Å²) in [7, 11) is 0. The lowest BCUT2D eigenvalue weighted by atomic mass is 10.3. The van der Waals surface area contributed by atoms with Crippen molar-refractivity contribution < 1.29 is 27.8 Å². The first-order chi connectivity index (χ1) is 15.7. The summed E-state index contributed by atoms with van der Waals surface area (Å²) in [5.41, 5.74) is 0.0343. The van der Waals surface area contributed by atoms with Gasteiger partial charge in [-0.1, -0.05) is 0 Å². The van der Waals surface area contributed by atoms with E-state index in [1.54, 1.807) is 0 Å². The fraction of sp³-hybridized carbons (Fsp3) is 0.211. The number of halogens is 3. The van der Waals surface area contributed by atoms with E-state index in [1.165, 1.54) is 28.9 Å². The molecule has 11 nitrogen and oxygen atoms in total. The van der Waals surface area contributed by atoms with Gasteiger partial charge >= 0.3 is 18.1 Å². The zero-order chi connectivity index (χ0) is 23.2. The molecule has 3 N–H and O–H groups in total. The molecule has 1 aliphatic carbocycles. The van der Waals surface area contributed by atoms with Crippen LogP contribution in [0, 0.1) is 0 Å². The summed E-state index contributed by atoms with van der Waals surface area (Å²) >= 11 is 0. The largest absolute Gasteiger partial charge is 0.573 e. The zero-order valence-electron chi connectivity index (χ0n) is 16.5. The number of fused-ring (bicyclic) bond motifs is 1. The van der Waals surface area contributed by atoms with Gasteiger partial charge in [0.2, 0.25) is 5.88 Å². The number of aromatic hydroxyl groups is 1. The first-order valence-electron chi connectivity index (χ1n) is 9.60. The predicted molar refractivity (Wildman–Crippen MR) is 104 cm³/mol. The van der Waals surface area contributed by atoms with Crippen LogP contribution < -0.4 is 26.0 Å². The lowest BCUT2D eigenvalue weighted by molar-refractivity contribution is -0.274. The molecule has 3 heterocycles. The highest BCUT2D eigenvalue weighted by Gasteiger charge is 2.31. The Bertz CT molecular complexity index is 1500. The van der Waals surface area contributed by atoms with Crippen molar-refractivity contribution in [1.82, 2.24) is 29.5 Å². The zero-order valence-corrected chi connectivity index (χ0v) is 16.5. The Morgan fingerprint density at radius 2 is 1.88 bits per heavy atom. The first-order valence-corrected chi connectivity index (χ1v) is 9.60. The number of aromatic nitrogens is 6. The fourth-order valence-corrected chi connectivity index (χ4v) is 2.92. The summed E-state index contributed by atoms with van der Waals surface area (Å²) < 4.78 is 47.9. The second kappa shape index (κ2) is 7.65. The fourth-order valence-electron chi connectivity index (χ4n) is 2.92. The number of benzene rings is 1. The van der Waals surface area contributed by atoms with Crippen LogP contribution in [0.1, 0.15) is 18.5 Å². The van der Waals surface area contributed by atoms with E-state index in [-0.39, 0.29) is 40.6 Å². The maximum absolute atomic E-state index is 12.3. The molecule has 0 saturated heterocycles. The number of ether oxygens (including phenoxy) is 2. The Hall–Kier alpha value is -4.36. The van der Waals surface area contributed by atoms with Crippen molar-refractivity contribution in [2.24, 2.45) is 4.99 Å². The Morgan fingerprint density at radius 3 is 2.52 bits per heavy atom. The van der Waals surface area contributed by atoms with Crippen LogP contribution in [0.3, 0.4) is 0 Å². The molecular weight excluding hydrogens is 447 g/mol. The molecule has 1 aromatic carbocycles. The molecule has 170 valence electrons. The molecular formula is C19H14F3N7O4. The molecule has 5 rings (SSSR count). The minimum Gasteiger partial charge on any atom is -0.493 e. The smallest absolute Gasteiger partial charge is 0.493 e. The van der Waals surface area contributed by atoms with Crippen LogP contribution >= 0.6 is 0 Å². The van der Waals surface area contributed by atoms with Gasteiger partial charge in [-0.15, -0.1) is 13.2 Å². The van der Waals surface area contributed by atoms with Crippen molar-refractivity contribution >= 4 is 11.7 Å². The maximum atomic E-state index is 12.3. The van der Waals surface area contributed by atoms with Gasteiger partial charge in [0.15, 0.2) is 5.65 Å². The SMILES string of the molecule is O=c1[nH]c(O)c(C=c2cnn3c(=NC4CC4)nc(Oc4ccc(OC(F)(F)F)cc4)nc23)[nH]1. The van der Waals surface area contributed by atoms with Gasteiger partial charge in [0.1, 0.15) is 17.2 Å². The third-order valence-corrected chi connectivity index (χ3v) is 4.50. The van der Waals surface area contributed by atoms with Gasteiger partial charge in [-0.3, -0.25) is 4.98 Å². The average molecular weight is 461 g/mol. The Labute approximate surface area is 180 Å². The van der Waals surface area contributed by atoms with Crippen molar-refractivity contribution in [1.29, 1.82) is 0 Å². The maximum Gasteiger partial charge on any atom is 0.573 e. The molecule has 1 saturated carbocycles. The molecule has 0 radical (unpaired) electrons. The van der Waals surface area contributed by atoms with Gasteiger partial charge in [-0.05, 0) is 43.2 Å². The third-order valence-electron chi connectivity index (χ3n) is 4.50. The highest BCUT2D eigenvalue weighted by atomic mass is 19.4. The van der Waals surface area contributed by atoms with Gasteiger partial charge in [-0.2, -0.15) is 19.6 Å². The quantitative estimate of drug-likeness (QED) is 0.405. The summed E-state index contributed by atoms with van der Waals surface area (Å²) in [4.78, 5) is 29.1. The lowest BCUT2D eigenvalue weighted by Gasteiger charge is -2.09. The highest BCUT2D eigenvalue weighted by Crippen LogP contribution is 2.26. The normalized spacial score (nSPS) is 15.4. The van der Waals surface area contributed by atoms with Crippen molar-refractivity contribution in [3.63, 3.8) is 0 Å². The number of hydrogen-bond donors (Lipinski definition) is 3. The van der Waals surface area contributed by atoms with Gasteiger partial charge in [0.05, 0.1) is 12.2 Å². The van der Waals surface area contributed by atoms with Gasteiger partial charge in [0, 0.05) is 5.22 Å². The van der Waals surface area contributed by atoms with Crippen LogP contribution in [-0.4, -0.2) is 47.1 Å². The molecule has 1 aliphatic rings. The number of H-pyrrole nitrogens is 2. The summed E-state index contributed by atoms with van der Waals surface area (Å²) in [6, 6.07) is 4.72. The molecule has 3 aromatic heterocycles. The lowest BCUT2D eigenvalue weighted by Crippen LogP contribution is -2.23. The summed E-state index contributed by atoms with van der Waals surface area (Å²) in [6.07, 6.45) is -0.0881. The van der Waals surface area contributed by atoms with Crippen molar-refractivity contribution in [3.8, 4) is 23.4 Å². The minimum atomic E-state index is -4.80. The van der Waals surface area contributed by atoms with E-state index in [9.17, 15) is 23.1 Å². The molecule has 1 fully saturated rings. The Kier molecular flexibility index (Phi) is 4.76. The standard InChI is InChI=1S/C19H14F3N7O4/c20-19(21,22)33-12-5-3-11(4-6-12)32-18-26-14-9(7-13-15(30)27-17(31)25-13)8-23-29(14)16(28-18)24-10-1-2-10/h3-8,10,30H,1-2H2,(H2,25,27,31). The predicted octanol–water partition coefficient (Wildman–Crippen LogP) is 1.15. The Balaban J connectivity index is 1.55. The number of hydrogen-bond acceptors (Lipinski definition) is 8. The van der Waals surface area contributed by atoms with Crippen LogP contribution in [-0.2, 0) is 0 Å². The average Bonchev–Trinajstić information content (AvgIpc) is 3.37. The molecule has 0 amide bonds. The third kappa shape index (κ3) is 4.63. The number of imidazole rings is 1. The van der Waals surface area contributed by atoms with Crippen molar-refractivity contribution in [2.45, 2.75) is 25.2 Å². The summed E-state index contributed by atoms with van der Waals surface area (Å²) in [6.45, 7) is 0. The van der Waals surface area contributed by atoms with E-state index < -0.39 is 17.8 Å². The van der Waals surface area contributed by atoms with Crippen LogP contribution in [0.15, 0.2) is 40.2 Å². The second-order valence-corrected chi connectivity index (χ2v) is 7.11. The van der Waals surface area contributed by atoms with Crippen LogP contribution in [0.4, 0.5) is 13.2 Å². The molecule has 33 heavy (non-hydrogen) atoms. The molecule has 0 spiro atoms. The van der Waals surface area contributed by atoms with Gasteiger partial charge in [0.25, 0.3) is 5.62 Å². The number of nitrogens with zero attached hydrogens (tertiary/aromatic N) is 5. The number of alkyl halides is 3. The molecule has 14 heteroatoms. The van der Waals surface area contributed by atoms with E-state index >= 15 is 0 Å². The second-order valence-electron chi connectivity index (χ2n) is 7.11. The van der Waals surface area contributed by atoms with E-state index in [2.05, 4.69) is 34.8 Å². The number of aromatic amines is 2. The topological polar surface area (TPSA) is 143 Å².